The van der Waals surface area contributed by atoms with Gasteiger partial charge in [-0.05, 0) is 37.0 Å². The van der Waals surface area contributed by atoms with Gasteiger partial charge in [0.25, 0.3) is 0 Å². The zero-order valence-corrected chi connectivity index (χ0v) is 10.3. The monoisotopic (exact) mass is 239 g/mol. The average molecular weight is 239 g/mol. The van der Waals surface area contributed by atoms with Gasteiger partial charge in [0.2, 0.25) is 0 Å². The smallest absolute Gasteiger partial charge is 0.165 e. The number of rotatable bonds is 4. The molecule has 94 valence electrons. The van der Waals surface area contributed by atoms with Crippen molar-refractivity contribution in [3.63, 3.8) is 0 Å². The van der Waals surface area contributed by atoms with Crippen LogP contribution in [-0.2, 0) is 16.9 Å². The van der Waals surface area contributed by atoms with E-state index < -0.39 is 5.54 Å². The van der Waals surface area contributed by atoms with Gasteiger partial charge in [-0.3, -0.25) is 0 Å². The molecule has 2 N–H and O–H groups in total. The summed E-state index contributed by atoms with van der Waals surface area (Å²) >= 11 is 0. The van der Waals surface area contributed by atoms with Crippen molar-refractivity contribution in [1.82, 2.24) is 0 Å². The molecule has 0 aromatic heterocycles. The van der Waals surface area contributed by atoms with Crippen molar-refractivity contribution in [1.29, 1.82) is 0 Å². The Morgan fingerprint density at radius 1 is 1.35 bits per heavy atom. The van der Waals surface area contributed by atoms with Crippen LogP contribution in [0.1, 0.15) is 30.4 Å². The standard InChI is InChI=1S/C13H18FNO2/c1-16-8-9-6-10(13(15)4-3-5-13)12(17-2)11(14)7-9/h6-7H,3-5,8,15H2,1-2H3. The number of hydrogen-bond acceptors (Lipinski definition) is 3. The Bertz CT molecular complexity index is 416. The van der Waals surface area contributed by atoms with E-state index in [1.54, 1.807) is 7.11 Å². The molecule has 0 saturated heterocycles. The third-order valence-corrected chi connectivity index (χ3v) is 3.40. The zero-order chi connectivity index (χ0) is 12.5. The first-order valence-corrected chi connectivity index (χ1v) is 5.75. The van der Waals surface area contributed by atoms with Crippen molar-refractivity contribution in [2.24, 2.45) is 5.73 Å². The second-order valence-corrected chi connectivity index (χ2v) is 4.60. The molecule has 3 nitrogen and oxygen atoms in total. The number of hydrogen-bond donors (Lipinski definition) is 1. The summed E-state index contributed by atoms with van der Waals surface area (Å²) in [5.74, 6) is -0.0965. The Morgan fingerprint density at radius 3 is 2.53 bits per heavy atom. The molecule has 1 aromatic rings. The SMILES string of the molecule is COCc1cc(F)c(OC)c(C2(N)CCC2)c1. The lowest BCUT2D eigenvalue weighted by atomic mass is 9.72. The molecule has 0 atom stereocenters. The van der Waals surface area contributed by atoms with Crippen molar-refractivity contribution in [3.05, 3.63) is 29.1 Å². The van der Waals surface area contributed by atoms with Crippen LogP contribution < -0.4 is 10.5 Å². The third-order valence-electron chi connectivity index (χ3n) is 3.40. The van der Waals surface area contributed by atoms with Gasteiger partial charge in [0.05, 0.1) is 13.7 Å². The molecule has 0 heterocycles. The van der Waals surface area contributed by atoms with Gasteiger partial charge in [-0.2, -0.15) is 0 Å². The lowest BCUT2D eigenvalue weighted by Gasteiger charge is -2.39. The van der Waals surface area contributed by atoms with E-state index in [1.165, 1.54) is 13.2 Å². The van der Waals surface area contributed by atoms with Crippen molar-refractivity contribution < 1.29 is 13.9 Å². The number of nitrogens with two attached hydrogens (primary N) is 1. The maximum Gasteiger partial charge on any atom is 0.165 e. The fourth-order valence-corrected chi connectivity index (χ4v) is 2.30. The average Bonchev–Trinajstić information content (AvgIpc) is 2.25. The van der Waals surface area contributed by atoms with Gasteiger partial charge in [-0.15, -0.1) is 0 Å². The fraction of sp³-hybridized carbons (Fsp3) is 0.538. The van der Waals surface area contributed by atoms with Crippen LogP contribution in [0.4, 0.5) is 4.39 Å². The second kappa shape index (κ2) is 4.63. The van der Waals surface area contributed by atoms with Crippen molar-refractivity contribution in [3.8, 4) is 5.75 Å². The van der Waals surface area contributed by atoms with E-state index in [0.717, 1.165) is 30.4 Å². The van der Waals surface area contributed by atoms with Crippen LogP contribution in [0.15, 0.2) is 12.1 Å². The molecule has 1 aliphatic rings. The van der Waals surface area contributed by atoms with Gasteiger partial charge < -0.3 is 15.2 Å². The summed E-state index contributed by atoms with van der Waals surface area (Å²) in [6.45, 7) is 0.379. The Kier molecular flexibility index (Phi) is 3.35. The van der Waals surface area contributed by atoms with Crippen LogP contribution in [0, 0.1) is 5.82 Å². The van der Waals surface area contributed by atoms with Crippen molar-refractivity contribution in [2.75, 3.05) is 14.2 Å². The maximum absolute atomic E-state index is 13.9. The Labute approximate surface area is 101 Å². The molecule has 1 saturated carbocycles. The molecule has 0 amide bonds. The summed E-state index contributed by atoms with van der Waals surface area (Å²) in [7, 11) is 3.06. The number of benzene rings is 1. The molecule has 0 unspecified atom stereocenters. The summed E-state index contributed by atoms with van der Waals surface area (Å²) in [6, 6.07) is 3.33. The first-order valence-electron chi connectivity index (χ1n) is 5.75. The van der Waals surface area contributed by atoms with Gasteiger partial charge in [0.1, 0.15) is 0 Å². The van der Waals surface area contributed by atoms with Crippen LogP contribution in [0.25, 0.3) is 0 Å². The van der Waals surface area contributed by atoms with Crippen LogP contribution in [-0.4, -0.2) is 14.2 Å². The van der Waals surface area contributed by atoms with Gasteiger partial charge >= 0.3 is 0 Å². The van der Waals surface area contributed by atoms with Gasteiger partial charge in [-0.1, -0.05) is 0 Å². The highest BCUT2D eigenvalue weighted by atomic mass is 19.1. The normalized spacial score (nSPS) is 17.6. The maximum atomic E-state index is 13.9. The predicted molar refractivity (Wildman–Crippen MR) is 63.4 cm³/mol. The third kappa shape index (κ3) is 2.15. The Morgan fingerprint density at radius 2 is 2.06 bits per heavy atom. The molecule has 0 radical (unpaired) electrons. The molecule has 1 aromatic carbocycles. The van der Waals surface area contributed by atoms with E-state index >= 15 is 0 Å². The van der Waals surface area contributed by atoms with E-state index in [1.807, 2.05) is 6.07 Å². The highest BCUT2D eigenvalue weighted by Crippen LogP contribution is 2.44. The largest absolute Gasteiger partial charge is 0.493 e. The first-order chi connectivity index (χ1) is 8.10. The lowest BCUT2D eigenvalue weighted by molar-refractivity contribution is 0.183. The summed E-state index contributed by atoms with van der Waals surface area (Å²) in [4.78, 5) is 0. The van der Waals surface area contributed by atoms with Gasteiger partial charge in [-0.25, -0.2) is 4.39 Å². The zero-order valence-electron chi connectivity index (χ0n) is 10.3. The Hall–Kier alpha value is -1.13. The van der Waals surface area contributed by atoms with Crippen LogP contribution in [0.5, 0.6) is 5.75 Å². The summed E-state index contributed by atoms with van der Waals surface area (Å²) in [5.41, 5.74) is 7.36. The molecule has 0 bridgehead atoms. The quantitative estimate of drug-likeness (QED) is 0.877. The molecule has 4 heteroatoms. The highest BCUT2D eigenvalue weighted by Gasteiger charge is 2.37. The number of ether oxygens (including phenoxy) is 2. The van der Waals surface area contributed by atoms with E-state index in [4.69, 9.17) is 15.2 Å². The highest BCUT2D eigenvalue weighted by molar-refractivity contribution is 5.44. The minimum absolute atomic E-state index is 0.270. The molecule has 1 fully saturated rings. The second-order valence-electron chi connectivity index (χ2n) is 4.60. The minimum atomic E-state index is -0.435. The van der Waals surface area contributed by atoms with E-state index in [2.05, 4.69) is 0 Å². The van der Waals surface area contributed by atoms with E-state index in [-0.39, 0.29) is 11.6 Å². The summed E-state index contributed by atoms with van der Waals surface area (Å²) < 4.78 is 24.1. The molecule has 2 rings (SSSR count). The summed E-state index contributed by atoms with van der Waals surface area (Å²) in [6.07, 6.45) is 2.83. The first kappa shape index (κ1) is 12.3. The van der Waals surface area contributed by atoms with Crippen molar-refractivity contribution >= 4 is 0 Å². The number of methoxy groups -OCH3 is 2. The van der Waals surface area contributed by atoms with Crippen LogP contribution >= 0.6 is 0 Å². The topological polar surface area (TPSA) is 44.5 Å². The minimum Gasteiger partial charge on any atom is -0.493 e. The van der Waals surface area contributed by atoms with Crippen LogP contribution in [0.3, 0.4) is 0 Å². The van der Waals surface area contributed by atoms with Crippen LogP contribution in [0.2, 0.25) is 0 Å². The van der Waals surface area contributed by atoms with E-state index in [9.17, 15) is 4.39 Å². The van der Waals surface area contributed by atoms with E-state index in [0.29, 0.717) is 6.61 Å². The molecular weight excluding hydrogens is 221 g/mol. The molecule has 0 aliphatic heterocycles. The van der Waals surface area contributed by atoms with Crippen molar-refractivity contribution in [2.45, 2.75) is 31.4 Å². The molecule has 0 spiro atoms. The number of halogens is 1. The predicted octanol–water partition coefficient (Wildman–Crippen LogP) is 2.32. The van der Waals surface area contributed by atoms with Gasteiger partial charge in [0.15, 0.2) is 11.6 Å². The molecule has 17 heavy (non-hydrogen) atoms. The Balaban J connectivity index is 2.46. The van der Waals surface area contributed by atoms with Gasteiger partial charge in [0, 0.05) is 18.2 Å². The lowest BCUT2D eigenvalue weighted by Crippen LogP contribution is -2.43. The molecule has 1 aliphatic carbocycles. The summed E-state index contributed by atoms with van der Waals surface area (Å²) in [5, 5.41) is 0. The molecular formula is C13H18FNO2. The fourth-order valence-electron chi connectivity index (χ4n) is 2.30.